The Kier molecular flexibility index (Phi) is 2.54. The second kappa shape index (κ2) is 4.12. The Balaban J connectivity index is 1.62. The van der Waals surface area contributed by atoms with Gasteiger partial charge in [0.15, 0.2) is 0 Å². The predicted molar refractivity (Wildman–Crippen MR) is 74.2 cm³/mol. The molecule has 4 atom stereocenters. The summed E-state index contributed by atoms with van der Waals surface area (Å²) in [7, 11) is 0. The average molecular weight is 244 g/mol. The summed E-state index contributed by atoms with van der Waals surface area (Å²) >= 11 is 0. The van der Waals surface area contributed by atoms with Gasteiger partial charge in [0.25, 0.3) is 0 Å². The van der Waals surface area contributed by atoms with E-state index in [1.54, 1.807) is 0 Å². The molecule has 98 valence electrons. The molecule has 0 amide bonds. The van der Waals surface area contributed by atoms with Gasteiger partial charge < -0.3 is 4.90 Å². The molecule has 0 radical (unpaired) electrons. The van der Waals surface area contributed by atoms with Crippen molar-refractivity contribution in [3.63, 3.8) is 0 Å². The van der Waals surface area contributed by atoms with Crippen LogP contribution in [0.1, 0.15) is 32.1 Å². The van der Waals surface area contributed by atoms with E-state index in [4.69, 9.17) is 0 Å². The number of nitrogens with zero attached hydrogens (tertiary/aromatic N) is 2. The highest BCUT2D eigenvalue weighted by atomic mass is 15.3. The van der Waals surface area contributed by atoms with Crippen molar-refractivity contribution >= 4 is 0 Å². The van der Waals surface area contributed by atoms with Gasteiger partial charge in [-0.1, -0.05) is 19.1 Å². The molecule has 3 saturated heterocycles. The van der Waals surface area contributed by atoms with Gasteiger partial charge in [0.2, 0.25) is 0 Å². The fraction of sp³-hybridized carbons (Fsp3) is 0.750. The van der Waals surface area contributed by atoms with Crippen LogP contribution >= 0.6 is 0 Å². The number of hydrogen-bond donors (Lipinski definition) is 0. The van der Waals surface area contributed by atoms with E-state index < -0.39 is 0 Å². The Morgan fingerprint density at radius 3 is 2.94 bits per heavy atom. The molecule has 4 aliphatic rings. The van der Waals surface area contributed by atoms with Crippen LogP contribution in [0.5, 0.6) is 0 Å². The van der Waals surface area contributed by atoms with E-state index in [1.165, 1.54) is 57.4 Å². The van der Waals surface area contributed by atoms with Gasteiger partial charge in [-0.05, 0) is 50.1 Å². The van der Waals surface area contributed by atoms with Crippen LogP contribution in [0.25, 0.3) is 0 Å². The van der Waals surface area contributed by atoms with Crippen LogP contribution in [0.3, 0.4) is 0 Å². The summed E-state index contributed by atoms with van der Waals surface area (Å²) < 4.78 is 0. The van der Waals surface area contributed by atoms with E-state index in [9.17, 15) is 0 Å². The van der Waals surface area contributed by atoms with Crippen LogP contribution in [-0.4, -0.2) is 41.5 Å². The second-order valence-corrected chi connectivity index (χ2v) is 6.66. The molecule has 1 unspecified atom stereocenters. The van der Waals surface area contributed by atoms with E-state index in [2.05, 4.69) is 28.5 Å². The lowest BCUT2D eigenvalue weighted by atomic mass is 9.71. The molecule has 2 bridgehead atoms. The maximum Gasteiger partial charge on any atom is 0.0364 e. The molecule has 3 fully saturated rings. The highest BCUT2D eigenvalue weighted by molar-refractivity contribution is 5.22. The summed E-state index contributed by atoms with van der Waals surface area (Å²) in [5, 5.41) is 0. The van der Waals surface area contributed by atoms with E-state index in [-0.39, 0.29) is 0 Å². The van der Waals surface area contributed by atoms with Gasteiger partial charge in [0, 0.05) is 30.9 Å². The van der Waals surface area contributed by atoms with Gasteiger partial charge in [-0.25, -0.2) is 0 Å². The van der Waals surface area contributed by atoms with E-state index in [0.29, 0.717) is 0 Å². The summed E-state index contributed by atoms with van der Waals surface area (Å²) in [5.41, 5.74) is 1.27. The molecular formula is C16H24N2. The van der Waals surface area contributed by atoms with Crippen molar-refractivity contribution in [2.45, 2.75) is 44.2 Å². The Bertz CT molecular complexity index is 387. The average Bonchev–Trinajstić information content (AvgIpc) is 2.40. The van der Waals surface area contributed by atoms with Crippen molar-refractivity contribution in [3.8, 4) is 0 Å². The fourth-order valence-corrected chi connectivity index (χ4v) is 4.91. The first-order valence-corrected chi connectivity index (χ1v) is 7.69. The first-order chi connectivity index (χ1) is 8.83. The van der Waals surface area contributed by atoms with Crippen molar-refractivity contribution < 1.29 is 0 Å². The molecule has 0 aliphatic carbocycles. The lowest BCUT2D eigenvalue weighted by molar-refractivity contribution is -0.0491. The highest BCUT2D eigenvalue weighted by Crippen LogP contribution is 2.43. The minimum atomic E-state index is 0.752. The van der Waals surface area contributed by atoms with Gasteiger partial charge >= 0.3 is 0 Å². The number of rotatable bonds is 0. The standard InChI is InChI=1S/C16H24N2/c1-12-5-4-7-16-13-9-14(11-18(12)16)15-6-2-3-8-17(15)10-13/h4-5,13-16H,1-3,6-11H2/t13-,14-,15+,16?/m0/s1. The van der Waals surface area contributed by atoms with Crippen LogP contribution in [0.4, 0.5) is 0 Å². The number of hydrogen-bond acceptors (Lipinski definition) is 2. The molecule has 0 aromatic rings. The third-order valence-electron chi connectivity index (χ3n) is 5.72. The maximum absolute atomic E-state index is 4.26. The molecule has 2 heteroatoms. The van der Waals surface area contributed by atoms with Crippen LogP contribution in [0.15, 0.2) is 24.4 Å². The predicted octanol–water partition coefficient (Wildman–Crippen LogP) is 2.63. The summed E-state index contributed by atoms with van der Waals surface area (Å²) in [6.07, 6.45) is 11.6. The van der Waals surface area contributed by atoms with Crippen LogP contribution in [0.2, 0.25) is 0 Å². The largest absolute Gasteiger partial charge is 0.368 e. The summed E-state index contributed by atoms with van der Waals surface area (Å²) in [6, 6.07) is 1.64. The van der Waals surface area contributed by atoms with Crippen molar-refractivity contribution in [2.75, 3.05) is 19.6 Å². The quantitative estimate of drug-likeness (QED) is 0.646. The zero-order valence-corrected chi connectivity index (χ0v) is 11.2. The number of allylic oxidation sites excluding steroid dienone is 1. The molecule has 4 heterocycles. The number of piperidine rings is 3. The lowest BCUT2D eigenvalue weighted by Gasteiger charge is -2.57. The SMILES string of the molecule is C=C1C=CCC2[C@H]3C[C@@H](CN12)[C@H]1CCCCN1C3. The van der Waals surface area contributed by atoms with Crippen LogP contribution in [-0.2, 0) is 0 Å². The molecule has 0 aromatic heterocycles. The molecule has 0 N–H and O–H groups in total. The summed E-state index contributed by atoms with van der Waals surface area (Å²) in [5.74, 6) is 1.79. The first kappa shape index (κ1) is 11.1. The third-order valence-corrected chi connectivity index (χ3v) is 5.72. The molecule has 18 heavy (non-hydrogen) atoms. The fourth-order valence-electron chi connectivity index (χ4n) is 4.91. The van der Waals surface area contributed by atoms with Crippen LogP contribution < -0.4 is 0 Å². The zero-order chi connectivity index (χ0) is 12.1. The van der Waals surface area contributed by atoms with Gasteiger partial charge in [0.05, 0.1) is 0 Å². The van der Waals surface area contributed by atoms with Gasteiger partial charge in [-0.15, -0.1) is 0 Å². The molecule has 0 spiro atoms. The van der Waals surface area contributed by atoms with Crippen molar-refractivity contribution in [3.05, 3.63) is 24.4 Å². The Hall–Kier alpha value is -0.760. The monoisotopic (exact) mass is 244 g/mol. The lowest BCUT2D eigenvalue weighted by Crippen LogP contribution is -2.62. The Morgan fingerprint density at radius 1 is 1.11 bits per heavy atom. The topological polar surface area (TPSA) is 6.48 Å². The molecule has 0 aromatic carbocycles. The molecule has 0 saturated carbocycles. The van der Waals surface area contributed by atoms with Crippen molar-refractivity contribution in [1.82, 2.24) is 9.80 Å². The van der Waals surface area contributed by atoms with Crippen molar-refractivity contribution in [2.24, 2.45) is 11.8 Å². The smallest absolute Gasteiger partial charge is 0.0364 e. The summed E-state index contributed by atoms with van der Waals surface area (Å²) in [4.78, 5) is 5.45. The second-order valence-electron chi connectivity index (χ2n) is 6.66. The number of fused-ring (bicyclic) bond motifs is 6. The van der Waals surface area contributed by atoms with E-state index in [0.717, 1.165) is 23.9 Å². The molecule has 2 nitrogen and oxygen atoms in total. The van der Waals surface area contributed by atoms with E-state index in [1.807, 2.05) is 0 Å². The first-order valence-electron chi connectivity index (χ1n) is 7.69. The third kappa shape index (κ3) is 1.58. The normalized spacial score (nSPS) is 43.6. The molecular weight excluding hydrogens is 220 g/mol. The minimum absolute atomic E-state index is 0.752. The molecule has 4 rings (SSSR count). The summed E-state index contributed by atoms with van der Waals surface area (Å²) in [6.45, 7) is 8.24. The van der Waals surface area contributed by atoms with Gasteiger partial charge in [-0.3, -0.25) is 4.90 Å². The maximum atomic E-state index is 4.26. The van der Waals surface area contributed by atoms with Crippen LogP contribution in [0, 0.1) is 11.8 Å². The Labute approximate surface area is 110 Å². The minimum Gasteiger partial charge on any atom is -0.368 e. The molecule has 4 aliphatic heterocycles. The van der Waals surface area contributed by atoms with Crippen molar-refractivity contribution in [1.29, 1.82) is 0 Å². The highest BCUT2D eigenvalue weighted by Gasteiger charge is 2.46. The zero-order valence-electron chi connectivity index (χ0n) is 11.2. The van der Waals surface area contributed by atoms with E-state index >= 15 is 0 Å². The Morgan fingerprint density at radius 2 is 2.00 bits per heavy atom. The van der Waals surface area contributed by atoms with Gasteiger partial charge in [-0.2, -0.15) is 0 Å². The van der Waals surface area contributed by atoms with Gasteiger partial charge in [0.1, 0.15) is 0 Å².